The van der Waals surface area contributed by atoms with Gasteiger partial charge in [0.25, 0.3) is 0 Å². The number of methoxy groups -OCH3 is 3. The quantitative estimate of drug-likeness (QED) is 0.213. The van der Waals surface area contributed by atoms with Gasteiger partial charge in [-0.3, -0.25) is 10.0 Å². The van der Waals surface area contributed by atoms with Crippen molar-refractivity contribution in [2.24, 2.45) is 0 Å². The molecule has 0 aliphatic carbocycles. The van der Waals surface area contributed by atoms with Crippen LogP contribution in [0.25, 0.3) is 22.2 Å². The van der Waals surface area contributed by atoms with Gasteiger partial charge in [0, 0.05) is 16.4 Å². The third kappa shape index (κ3) is 4.55. The number of aromatic amines is 1. The summed E-state index contributed by atoms with van der Waals surface area (Å²) in [5.41, 5.74) is -2.79. The molecule has 2 N–H and O–H groups in total. The van der Waals surface area contributed by atoms with Gasteiger partial charge in [-0.25, -0.2) is 8.78 Å². The molecule has 0 saturated heterocycles. The van der Waals surface area contributed by atoms with E-state index in [1.165, 1.54) is 12.3 Å². The molecule has 0 unspecified atom stereocenters. The van der Waals surface area contributed by atoms with Crippen LogP contribution < -0.4 is 29.1 Å². The molecule has 0 bridgehead atoms. The molecule has 13 heteroatoms. The molecule has 37 heavy (non-hydrogen) atoms. The van der Waals surface area contributed by atoms with Gasteiger partial charge >= 0.3 is 6.18 Å². The Morgan fingerprint density at radius 1 is 0.892 bits per heavy atom. The minimum atomic E-state index is -5.10. The first-order valence-corrected chi connectivity index (χ1v) is 10.3. The van der Waals surface area contributed by atoms with Crippen molar-refractivity contribution in [2.45, 2.75) is 6.18 Å². The predicted octanol–water partition coefficient (Wildman–Crippen LogP) is 4.84. The minimum absolute atomic E-state index is 0.0228. The Labute approximate surface area is 205 Å². The van der Waals surface area contributed by atoms with Crippen LogP contribution in [0, 0.1) is 11.6 Å². The van der Waals surface area contributed by atoms with Gasteiger partial charge in [-0.15, -0.1) is 0 Å². The lowest BCUT2D eigenvalue weighted by atomic mass is 10.0. The highest BCUT2D eigenvalue weighted by Crippen LogP contribution is 2.46. The monoisotopic (exact) mass is 525 g/mol. The van der Waals surface area contributed by atoms with E-state index in [1.807, 2.05) is 0 Å². The number of H-pyrrole nitrogens is 1. The number of pyridine rings is 2. The summed E-state index contributed by atoms with van der Waals surface area (Å²) < 4.78 is 91.2. The maximum absolute atomic E-state index is 14.7. The number of hydrogen-bond donors (Lipinski definition) is 2. The van der Waals surface area contributed by atoms with Gasteiger partial charge in [0.15, 0.2) is 17.3 Å². The van der Waals surface area contributed by atoms with Crippen LogP contribution in [0.15, 0.2) is 47.5 Å². The summed E-state index contributed by atoms with van der Waals surface area (Å²) in [6.07, 6.45) is -2.82. The molecule has 2 aromatic heterocycles. The summed E-state index contributed by atoms with van der Waals surface area (Å²) in [5.74, 6) is -4.36. The Hall–Kier alpha value is -4.55. The third-order valence-electron chi connectivity index (χ3n) is 5.39. The van der Waals surface area contributed by atoms with Crippen molar-refractivity contribution in [1.29, 1.82) is 0 Å². The Bertz CT molecular complexity index is 1570. The van der Waals surface area contributed by atoms with Crippen molar-refractivity contribution in [3.8, 4) is 40.0 Å². The average molecular weight is 525 g/mol. The lowest BCUT2D eigenvalue weighted by Gasteiger charge is -2.19. The number of benzene rings is 2. The van der Waals surface area contributed by atoms with Gasteiger partial charge in [-0.05, 0) is 24.3 Å². The van der Waals surface area contributed by atoms with Crippen molar-refractivity contribution >= 4 is 10.9 Å². The standard InChI is InChI=1S/C24H17F5N2O6/c1-34-21-14(25)4-5-17(22(21)35-2)37-18-9-13(24(27,28)29)15(26)8-11(18)19-23(36-3)20(32)12-10-31(33)7-6-16(12)30-19/h4-10,33H,1-3H3/p+1. The van der Waals surface area contributed by atoms with Crippen LogP contribution in [0.3, 0.4) is 0 Å². The summed E-state index contributed by atoms with van der Waals surface area (Å²) in [7, 11) is 3.44. The van der Waals surface area contributed by atoms with Crippen LogP contribution in [0.5, 0.6) is 28.7 Å². The summed E-state index contributed by atoms with van der Waals surface area (Å²) in [4.78, 5) is 15.9. The number of hydrogen-bond acceptors (Lipinski definition) is 6. The van der Waals surface area contributed by atoms with Gasteiger partial charge < -0.3 is 23.9 Å². The second-order valence-electron chi connectivity index (χ2n) is 7.55. The maximum Gasteiger partial charge on any atom is 0.419 e. The molecular formula is C24H18F5N2O6+. The third-order valence-corrected chi connectivity index (χ3v) is 5.39. The van der Waals surface area contributed by atoms with E-state index in [2.05, 4.69) is 4.98 Å². The molecule has 2 heterocycles. The largest absolute Gasteiger partial charge is 0.491 e. The SMILES string of the molecule is COc1c(F)ccc(Oc2cc(C(F)(F)F)c(F)cc2-c2[nH]c3cc[n+](O)cc3c(=O)c2OC)c1OC. The number of halogens is 5. The summed E-state index contributed by atoms with van der Waals surface area (Å²) in [5, 5.41) is 9.64. The van der Waals surface area contributed by atoms with Crippen LogP contribution >= 0.6 is 0 Å². The first-order valence-electron chi connectivity index (χ1n) is 10.3. The average Bonchev–Trinajstić information content (AvgIpc) is 2.85. The van der Waals surface area contributed by atoms with Crippen LogP contribution in [-0.4, -0.2) is 31.5 Å². The molecule has 0 saturated carbocycles. The molecule has 4 rings (SSSR count). The van der Waals surface area contributed by atoms with Crippen molar-refractivity contribution < 1.29 is 50.8 Å². The van der Waals surface area contributed by atoms with Gasteiger partial charge in [-0.2, -0.15) is 13.2 Å². The smallest absolute Gasteiger partial charge is 0.419 e. The van der Waals surface area contributed by atoms with Crippen LogP contribution in [-0.2, 0) is 6.18 Å². The zero-order valence-corrected chi connectivity index (χ0v) is 19.4. The van der Waals surface area contributed by atoms with E-state index >= 15 is 0 Å². The normalized spacial score (nSPS) is 11.5. The topological polar surface area (TPSA) is 93.9 Å². The number of rotatable bonds is 6. The molecular weight excluding hydrogens is 507 g/mol. The van der Waals surface area contributed by atoms with Crippen molar-refractivity contribution in [3.05, 3.63) is 70.1 Å². The molecule has 0 aliphatic rings. The number of aromatic nitrogens is 2. The number of nitrogens with one attached hydrogen (secondary N) is 1. The zero-order chi connectivity index (χ0) is 27.1. The Morgan fingerprint density at radius 2 is 1.57 bits per heavy atom. The van der Waals surface area contributed by atoms with E-state index in [0.717, 1.165) is 39.7 Å². The van der Waals surface area contributed by atoms with Gasteiger partial charge in [-0.1, -0.05) is 0 Å². The van der Waals surface area contributed by atoms with Crippen LogP contribution in [0.1, 0.15) is 5.56 Å². The fourth-order valence-corrected chi connectivity index (χ4v) is 3.74. The molecule has 0 amide bonds. The number of alkyl halides is 3. The van der Waals surface area contributed by atoms with E-state index in [1.54, 1.807) is 0 Å². The molecule has 0 radical (unpaired) electrons. The molecule has 2 aromatic carbocycles. The summed E-state index contributed by atoms with van der Waals surface area (Å²) in [6, 6.07) is 4.26. The van der Waals surface area contributed by atoms with E-state index in [0.29, 0.717) is 16.9 Å². The van der Waals surface area contributed by atoms with Gasteiger partial charge in [0.2, 0.25) is 29.3 Å². The highest BCUT2D eigenvalue weighted by Gasteiger charge is 2.36. The molecule has 0 aliphatic heterocycles. The number of fused-ring (bicyclic) bond motifs is 1. The molecule has 194 valence electrons. The highest BCUT2D eigenvalue weighted by atomic mass is 19.4. The Morgan fingerprint density at radius 3 is 2.19 bits per heavy atom. The number of nitrogens with zero attached hydrogens (tertiary/aromatic N) is 1. The second kappa shape index (κ2) is 9.48. The van der Waals surface area contributed by atoms with Crippen LogP contribution in [0.4, 0.5) is 22.0 Å². The molecule has 0 fully saturated rings. The molecule has 4 aromatic rings. The van der Waals surface area contributed by atoms with E-state index < -0.39 is 40.3 Å². The second-order valence-corrected chi connectivity index (χ2v) is 7.55. The van der Waals surface area contributed by atoms with Crippen LogP contribution in [0.2, 0.25) is 0 Å². The summed E-state index contributed by atoms with van der Waals surface area (Å²) >= 11 is 0. The minimum Gasteiger partial charge on any atom is -0.491 e. The van der Waals surface area contributed by atoms with Crippen molar-refractivity contribution in [2.75, 3.05) is 21.3 Å². The first kappa shape index (κ1) is 25.5. The van der Waals surface area contributed by atoms with Gasteiger partial charge in [0.1, 0.15) is 17.0 Å². The fraction of sp³-hybridized carbons (Fsp3) is 0.167. The van der Waals surface area contributed by atoms with E-state index in [9.17, 15) is 32.0 Å². The maximum atomic E-state index is 14.7. The molecule has 8 nitrogen and oxygen atoms in total. The zero-order valence-electron chi connectivity index (χ0n) is 19.4. The molecule has 0 atom stereocenters. The lowest BCUT2D eigenvalue weighted by Crippen LogP contribution is -2.29. The van der Waals surface area contributed by atoms with Crippen molar-refractivity contribution in [3.63, 3.8) is 0 Å². The number of ether oxygens (including phenoxy) is 4. The van der Waals surface area contributed by atoms with Gasteiger partial charge in [0.05, 0.1) is 38.1 Å². The first-order chi connectivity index (χ1) is 17.5. The van der Waals surface area contributed by atoms with E-state index in [4.69, 9.17) is 18.9 Å². The Balaban J connectivity index is 2.04. The highest BCUT2D eigenvalue weighted by molar-refractivity contribution is 5.85. The fourth-order valence-electron chi connectivity index (χ4n) is 3.74. The Kier molecular flexibility index (Phi) is 6.55. The summed E-state index contributed by atoms with van der Waals surface area (Å²) in [6.45, 7) is 0. The lowest BCUT2D eigenvalue weighted by molar-refractivity contribution is -0.904. The molecule has 0 spiro atoms. The van der Waals surface area contributed by atoms with E-state index in [-0.39, 0.29) is 39.4 Å². The predicted molar refractivity (Wildman–Crippen MR) is 118 cm³/mol. The van der Waals surface area contributed by atoms with Crippen molar-refractivity contribution in [1.82, 2.24) is 4.98 Å².